The van der Waals surface area contributed by atoms with Crippen molar-refractivity contribution in [2.45, 2.75) is 47.2 Å². The summed E-state index contributed by atoms with van der Waals surface area (Å²) in [5.74, 6) is 0.245. The van der Waals surface area contributed by atoms with E-state index in [4.69, 9.17) is 0 Å². The van der Waals surface area contributed by atoms with Crippen molar-refractivity contribution >= 4 is 5.91 Å². The molecule has 1 atom stereocenters. The number of aromatic nitrogens is 1. The van der Waals surface area contributed by atoms with E-state index in [1.807, 2.05) is 25.7 Å². The number of rotatable bonds is 0. The fourth-order valence-electron chi connectivity index (χ4n) is 2.53. The van der Waals surface area contributed by atoms with Gasteiger partial charge in [-0.05, 0) is 26.0 Å². The molecule has 0 radical (unpaired) electrons. The second-order valence-corrected chi connectivity index (χ2v) is 5.98. The molecule has 0 unspecified atom stereocenters. The largest absolute Gasteiger partial charge is 0.345 e. The molecule has 3 nitrogen and oxygen atoms in total. The lowest BCUT2D eigenvalue weighted by Gasteiger charge is -2.38. The van der Waals surface area contributed by atoms with E-state index in [0.717, 1.165) is 13.1 Å². The van der Waals surface area contributed by atoms with Gasteiger partial charge >= 0.3 is 0 Å². The Bertz CT molecular complexity index is 440. The minimum absolute atomic E-state index is 0.184. The van der Waals surface area contributed by atoms with Crippen LogP contribution in [0.5, 0.6) is 0 Å². The highest BCUT2D eigenvalue weighted by Crippen LogP contribution is 2.30. The Kier molecular flexibility index (Phi) is 2.80. The number of carbonyl (C=O) groups excluding carboxylic acids is 1. The third-order valence-electron chi connectivity index (χ3n) is 3.60. The molecule has 0 saturated heterocycles. The smallest absolute Gasteiger partial charge is 0.228 e. The maximum Gasteiger partial charge on any atom is 0.228 e. The second-order valence-electron chi connectivity index (χ2n) is 5.98. The van der Waals surface area contributed by atoms with Gasteiger partial charge in [0, 0.05) is 29.9 Å². The third kappa shape index (κ3) is 1.99. The molecule has 0 saturated carbocycles. The molecule has 1 aromatic rings. The Labute approximate surface area is 103 Å². The minimum Gasteiger partial charge on any atom is -0.345 e. The van der Waals surface area contributed by atoms with E-state index >= 15 is 0 Å². The zero-order valence-electron chi connectivity index (χ0n) is 11.4. The zero-order valence-corrected chi connectivity index (χ0v) is 11.4. The van der Waals surface area contributed by atoms with Gasteiger partial charge in [-0.2, -0.15) is 0 Å². The van der Waals surface area contributed by atoms with Gasteiger partial charge in [-0.15, -0.1) is 0 Å². The molecule has 17 heavy (non-hydrogen) atoms. The minimum atomic E-state index is -0.294. The summed E-state index contributed by atoms with van der Waals surface area (Å²) in [5, 5.41) is 0. The molecule has 1 aromatic heterocycles. The average Bonchev–Trinajstić information content (AvgIpc) is 2.60. The molecule has 1 aliphatic heterocycles. The van der Waals surface area contributed by atoms with E-state index in [9.17, 15) is 4.79 Å². The molecule has 1 amide bonds. The number of amides is 1. The summed E-state index contributed by atoms with van der Waals surface area (Å²) in [6.07, 6.45) is 0. The normalized spacial score (nSPS) is 20.3. The number of carbonyl (C=O) groups is 1. The third-order valence-corrected chi connectivity index (χ3v) is 3.60. The lowest BCUT2D eigenvalue weighted by atomic mass is 9.93. The number of hydrogen-bond acceptors (Lipinski definition) is 1. The van der Waals surface area contributed by atoms with Gasteiger partial charge < -0.3 is 9.47 Å². The highest BCUT2D eigenvalue weighted by Gasteiger charge is 2.34. The number of hydrogen-bond donors (Lipinski definition) is 0. The van der Waals surface area contributed by atoms with Crippen LogP contribution < -0.4 is 0 Å². The Morgan fingerprint density at radius 2 is 1.94 bits per heavy atom. The molecule has 3 heteroatoms. The SMILES string of the molecule is Cc1ccc2n1CCN(C(=O)C(C)(C)C)[C@H]2C. The maximum atomic E-state index is 12.4. The van der Waals surface area contributed by atoms with Crippen LogP contribution in [0.2, 0.25) is 0 Å². The average molecular weight is 234 g/mol. The molecule has 0 aliphatic carbocycles. The monoisotopic (exact) mass is 234 g/mol. The summed E-state index contributed by atoms with van der Waals surface area (Å²) >= 11 is 0. The molecule has 0 fully saturated rings. The fraction of sp³-hybridized carbons (Fsp3) is 0.643. The van der Waals surface area contributed by atoms with Crippen molar-refractivity contribution in [1.82, 2.24) is 9.47 Å². The Hall–Kier alpha value is -1.25. The molecular weight excluding hydrogens is 212 g/mol. The van der Waals surface area contributed by atoms with E-state index in [2.05, 4.69) is 30.5 Å². The van der Waals surface area contributed by atoms with Gasteiger partial charge in [0.05, 0.1) is 6.04 Å². The molecule has 94 valence electrons. The van der Waals surface area contributed by atoms with E-state index in [-0.39, 0.29) is 17.4 Å². The second kappa shape index (κ2) is 3.90. The highest BCUT2D eigenvalue weighted by atomic mass is 16.2. The van der Waals surface area contributed by atoms with Crippen molar-refractivity contribution in [3.05, 3.63) is 23.5 Å². The predicted octanol–water partition coefficient (Wildman–Crippen LogP) is 2.75. The Morgan fingerprint density at radius 1 is 1.29 bits per heavy atom. The van der Waals surface area contributed by atoms with Gasteiger partial charge in [0.25, 0.3) is 0 Å². The van der Waals surface area contributed by atoms with Gasteiger partial charge in [0.15, 0.2) is 0 Å². The number of fused-ring (bicyclic) bond motifs is 1. The molecule has 2 heterocycles. The van der Waals surface area contributed by atoms with Crippen LogP contribution in [0.15, 0.2) is 12.1 Å². The van der Waals surface area contributed by atoms with Crippen LogP contribution in [0, 0.1) is 12.3 Å². The molecule has 0 aromatic carbocycles. The first-order valence-electron chi connectivity index (χ1n) is 6.29. The van der Waals surface area contributed by atoms with E-state index in [1.165, 1.54) is 11.4 Å². The zero-order chi connectivity index (χ0) is 12.8. The standard InChI is InChI=1S/C14H22N2O/c1-10-6-7-12-11(2)16(9-8-15(10)12)13(17)14(3,4)5/h6-7,11H,8-9H2,1-5H3/t11-/m0/s1. The van der Waals surface area contributed by atoms with E-state index in [1.54, 1.807) is 0 Å². The van der Waals surface area contributed by atoms with Crippen LogP contribution in [0.4, 0.5) is 0 Å². The van der Waals surface area contributed by atoms with E-state index in [0.29, 0.717) is 0 Å². The first kappa shape index (κ1) is 12.2. The van der Waals surface area contributed by atoms with Crippen molar-refractivity contribution in [2.75, 3.05) is 6.54 Å². The van der Waals surface area contributed by atoms with Gasteiger partial charge in [0.2, 0.25) is 5.91 Å². The van der Waals surface area contributed by atoms with Crippen LogP contribution in [-0.2, 0) is 11.3 Å². The van der Waals surface area contributed by atoms with Gasteiger partial charge in [-0.3, -0.25) is 4.79 Å². The number of nitrogens with zero attached hydrogens (tertiary/aromatic N) is 2. The Balaban J connectivity index is 2.29. The summed E-state index contributed by atoms with van der Waals surface area (Å²) in [6.45, 7) is 11.9. The summed E-state index contributed by atoms with van der Waals surface area (Å²) in [4.78, 5) is 14.4. The fourth-order valence-corrected chi connectivity index (χ4v) is 2.53. The topological polar surface area (TPSA) is 25.2 Å². The van der Waals surface area contributed by atoms with E-state index < -0.39 is 0 Å². The maximum absolute atomic E-state index is 12.4. The van der Waals surface area contributed by atoms with Crippen LogP contribution in [0.25, 0.3) is 0 Å². The molecular formula is C14H22N2O. The lowest BCUT2D eigenvalue weighted by Crippen LogP contribution is -2.45. The molecule has 0 bridgehead atoms. The van der Waals surface area contributed by atoms with Crippen LogP contribution in [0.1, 0.15) is 45.1 Å². The van der Waals surface area contributed by atoms with Crippen LogP contribution >= 0.6 is 0 Å². The van der Waals surface area contributed by atoms with Crippen molar-refractivity contribution < 1.29 is 4.79 Å². The van der Waals surface area contributed by atoms with Crippen LogP contribution in [-0.4, -0.2) is 21.9 Å². The van der Waals surface area contributed by atoms with Gasteiger partial charge in [-0.1, -0.05) is 20.8 Å². The first-order valence-corrected chi connectivity index (χ1v) is 6.29. The first-order chi connectivity index (χ1) is 7.82. The summed E-state index contributed by atoms with van der Waals surface area (Å²) in [5.41, 5.74) is 2.25. The van der Waals surface area contributed by atoms with Crippen LogP contribution in [0.3, 0.4) is 0 Å². The van der Waals surface area contributed by atoms with Crippen molar-refractivity contribution in [2.24, 2.45) is 5.41 Å². The molecule has 1 aliphatic rings. The summed E-state index contributed by atoms with van der Waals surface area (Å²) in [6, 6.07) is 4.46. The lowest BCUT2D eigenvalue weighted by molar-refractivity contribution is -0.142. The van der Waals surface area contributed by atoms with Gasteiger partial charge in [0.1, 0.15) is 0 Å². The molecule has 2 rings (SSSR count). The highest BCUT2D eigenvalue weighted by molar-refractivity contribution is 5.82. The van der Waals surface area contributed by atoms with Crippen molar-refractivity contribution in [3.8, 4) is 0 Å². The number of aryl methyl sites for hydroxylation is 1. The predicted molar refractivity (Wildman–Crippen MR) is 68.8 cm³/mol. The molecule has 0 spiro atoms. The quantitative estimate of drug-likeness (QED) is 0.677. The molecule has 0 N–H and O–H groups in total. The Morgan fingerprint density at radius 3 is 2.53 bits per heavy atom. The van der Waals surface area contributed by atoms with Gasteiger partial charge in [-0.25, -0.2) is 0 Å². The van der Waals surface area contributed by atoms with Crippen molar-refractivity contribution in [1.29, 1.82) is 0 Å². The summed E-state index contributed by atoms with van der Waals surface area (Å²) in [7, 11) is 0. The van der Waals surface area contributed by atoms with Crippen molar-refractivity contribution in [3.63, 3.8) is 0 Å². The summed E-state index contributed by atoms with van der Waals surface area (Å²) < 4.78 is 2.32.